The van der Waals surface area contributed by atoms with Gasteiger partial charge in [-0.3, -0.25) is 4.79 Å². The minimum atomic E-state index is -0.113. The number of aryl methyl sites for hydroxylation is 1. The van der Waals surface area contributed by atoms with Crippen molar-refractivity contribution in [3.63, 3.8) is 0 Å². The maximum Gasteiger partial charge on any atom is 0.314 e. The van der Waals surface area contributed by atoms with Crippen LogP contribution in [0.2, 0.25) is 10.0 Å². The summed E-state index contributed by atoms with van der Waals surface area (Å²) >= 11 is 11.8. The van der Waals surface area contributed by atoms with Gasteiger partial charge in [-0.05, 0) is 86.4 Å². The SMILES string of the molecule is O=C(Oc1ccc(Cl)cc1)C1CCC(CCc2ccc(Cl)cc2)CC1. The van der Waals surface area contributed by atoms with Crippen LogP contribution in [0.4, 0.5) is 0 Å². The standard InChI is InChI=1S/C21H22Cl2O2/c22-18-9-5-16(6-10-18)2-1-15-3-7-17(8-4-15)21(24)25-20-13-11-19(23)12-14-20/h5-6,9-15,17H,1-4,7-8H2. The first-order chi connectivity index (χ1) is 12.1. The quantitative estimate of drug-likeness (QED) is 0.449. The zero-order valence-corrected chi connectivity index (χ0v) is 15.6. The number of esters is 1. The van der Waals surface area contributed by atoms with E-state index in [2.05, 4.69) is 12.1 Å². The Morgan fingerprint density at radius 2 is 1.44 bits per heavy atom. The first kappa shape index (κ1) is 18.3. The molecule has 3 rings (SSSR count). The first-order valence-electron chi connectivity index (χ1n) is 8.82. The van der Waals surface area contributed by atoms with Crippen molar-refractivity contribution in [2.45, 2.75) is 38.5 Å². The van der Waals surface area contributed by atoms with Crippen molar-refractivity contribution in [1.29, 1.82) is 0 Å². The summed E-state index contributed by atoms with van der Waals surface area (Å²) in [4.78, 5) is 12.3. The number of carbonyl (C=O) groups is 1. The van der Waals surface area contributed by atoms with Gasteiger partial charge in [0.15, 0.2) is 0 Å². The summed E-state index contributed by atoms with van der Waals surface area (Å²) in [5.41, 5.74) is 1.33. The number of hydrogen-bond donors (Lipinski definition) is 0. The second-order valence-corrected chi connectivity index (χ2v) is 7.63. The van der Waals surface area contributed by atoms with E-state index in [1.807, 2.05) is 12.1 Å². The molecule has 2 nitrogen and oxygen atoms in total. The largest absolute Gasteiger partial charge is 0.426 e. The molecule has 0 aromatic heterocycles. The van der Waals surface area contributed by atoms with E-state index in [0.29, 0.717) is 16.7 Å². The molecule has 1 saturated carbocycles. The minimum Gasteiger partial charge on any atom is -0.426 e. The summed E-state index contributed by atoms with van der Waals surface area (Å²) in [7, 11) is 0. The maximum absolute atomic E-state index is 12.3. The summed E-state index contributed by atoms with van der Waals surface area (Å²) in [5, 5.41) is 1.42. The van der Waals surface area contributed by atoms with Gasteiger partial charge in [0.1, 0.15) is 5.75 Å². The monoisotopic (exact) mass is 376 g/mol. The Hall–Kier alpha value is -1.51. The molecule has 0 saturated heterocycles. The topological polar surface area (TPSA) is 26.3 Å². The highest BCUT2D eigenvalue weighted by atomic mass is 35.5. The third-order valence-electron chi connectivity index (χ3n) is 4.97. The molecule has 1 fully saturated rings. The van der Waals surface area contributed by atoms with Gasteiger partial charge in [-0.25, -0.2) is 0 Å². The van der Waals surface area contributed by atoms with Gasteiger partial charge in [0, 0.05) is 10.0 Å². The summed E-state index contributed by atoms with van der Waals surface area (Å²) < 4.78 is 5.47. The van der Waals surface area contributed by atoms with Crippen LogP contribution in [-0.4, -0.2) is 5.97 Å². The van der Waals surface area contributed by atoms with Crippen molar-refractivity contribution in [2.75, 3.05) is 0 Å². The fraction of sp³-hybridized carbons (Fsp3) is 0.381. The molecule has 1 aliphatic rings. The molecule has 1 aliphatic carbocycles. The highest BCUT2D eigenvalue weighted by molar-refractivity contribution is 6.30. The van der Waals surface area contributed by atoms with Gasteiger partial charge in [0.2, 0.25) is 0 Å². The Morgan fingerprint density at radius 3 is 2.04 bits per heavy atom. The van der Waals surface area contributed by atoms with Crippen molar-refractivity contribution < 1.29 is 9.53 Å². The molecule has 2 aromatic rings. The van der Waals surface area contributed by atoms with E-state index in [1.54, 1.807) is 24.3 Å². The van der Waals surface area contributed by atoms with Crippen LogP contribution < -0.4 is 4.74 Å². The van der Waals surface area contributed by atoms with Crippen LogP contribution >= 0.6 is 23.2 Å². The van der Waals surface area contributed by atoms with E-state index >= 15 is 0 Å². The molecule has 0 unspecified atom stereocenters. The fourth-order valence-corrected chi connectivity index (χ4v) is 3.66. The van der Waals surface area contributed by atoms with Gasteiger partial charge in [-0.15, -0.1) is 0 Å². The third-order valence-corrected chi connectivity index (χ3v) is 5.47. The highest BCUT2D eigenvalue weighted by Crippen LogP contribution is 2.33. The van der Waals surface area contributed by atoms with Gasteiger partial charge < -0.3 is 4.74 Å². The average Bonchev–Trinajstić information content (AvgIpc) is 2.63. The van der Waals surface area contributed by atoms with Crippen molar-refractivity contribution in [1.82, 2.24) is 0 Å². The molecule has 0 spiro atoms. The molecule has 0 radical (unpaired) electrons. The van der Waals surface area contributed by atoms with E-state index in [9.17, 15) is 4.79 Å². The molecule has 25 heavy (non-hydrogen) atoms. The maximum atomic E-state index is 12.3. The van der Waals surface area contributed by atoms with Crippen LogP contribution in [0.1, 0.15) is 37.7 Å². The number of benzene rings is 2. The Morgan fingerprint density at radius 1 is 0.880 bits per heavy atom. The highest BCUT2D eigenvalue weighted by Gasteiger charge is 2.27. The molecule has 4 heteroatoms. The van der Waals surface area contributed by atoms with Crippen molar-refractivity contribution >= 4 is 29.2 Å². The zero-order chi connectivity index (χ0) is 17.6. The predicted octanol–water partition coefficient (Wildman–Crippen LogP) is 6.34. The van der Waals surface area contributed by atoms with Gasteiger partial charge >= 0.3 is 5.97 Å². The second-order valence-electron chi connectivity index (χ2n) is 6.76. The lowest BCUT2D eigenvalue weighted by molar-refractivity contribution is -0.140. The second kappa shape index (κ2) is 8.73. The predicted molar refractivity (Wildman–Crippen MR) is 102 cm³/mol. The molecule has 2 aromatic carbocycles. The lowest BCUT2D eigenvalue weighted by atomic mass is 9.79. The van der Waals surface area contributed by atoms with Gasteiger partial charge in [0.05, 0.1) is 5.92 Å². The number of rotatable bonds is 5. The van der Waals surface area contributed by atoms with E-state index in [0.717, 1.165) is 37.1 Å². The molecule has 0 aliphatic heterocycles. The summed E-state index contributed by atoms with van der Waals surface area (Å²) in [6, 6.07) is 15.0. The molecule has 0 heterocycles. The third kappa shape index (κ3) is 5.49. The van der Waals surface area contributed by atoms with E-state index in [1.165, 1.54) is 12.0 Å². The Labute approximate surface area is 159 Å². The molecular weight excluding hydrogens is 355 g/mol. The number of ether oxygens (including phenoxy) is 1. The van der Waals surface area contributed by atoms with Crippen LogP contribution in [0.25, 0.3) is 0 Å². The Bertz CT molecular complexity index is 687. The van der Waals surface area contributed by atoms with Crippen molar-refractivity contribution in [2.24, 2.45) is 11.8 Å². The van der Waals surface area contributed by atoms with Crippen molar-refractivity contribution in [3.05, 3.63) is 64.1 Å². The van der Waals surface area contributed by atoms with E-state index in [-0.39, 0.29) is 11.9 Å². The van der Waals surface area contributed by atoms with Gasteiger partial charge in [-0.2, -0.15) is 0 Å². The average molecular weight is 377 g/mol. The summed E-state index contributed by atoms with van der Waals surface area (Å²) in [5.74, 6) is 1.16. The molecule has 0 atom stereocenters. The lowest BCUT2D eigenvalue weighted by Gasteiger charge is -2.27. The molecular formula is C21H22Cl2O2. The normalized spacial score (nSPS) is 20.2. The van der Waals surface area contributed by atoms with Crippen LogP contribution in [0.15, 0.2) is 48.5 Å². The molecule has 0 bridgehead atoms. The first-order valence-corrected chi connectivity index (χ1v) is 9.57. The molecule has 0 amide bonds. The summed E-state index contributed by atoms with van der Waals surface area (Å²) in [6.45, 7) is 0. The smallest absolute Gasteiger partial charge is 0.314 e. The Balaban J connectivity index is 1.42. The number of carbonyl (C=O) groups excluding carboxylic acids is 1. The fourth-order valence-electron chi connectivity index (χ4n) is 3.41. The van der Waals surface area contributed by atoms with Gasteiger partial charge in [0.25, 0.3) is 0 Å². The van der Waals surface area contributed by atoms with E-state index in [4.69, 9.17) is 27.9 Å². The van der Waals surface area contributed by atoms with Crippen LogP contribution in [0.5, 0.6) is 5.75 Å². The van der Waals surface area contributed by atoms with Gasteiger partial charge in [-0.1, -0.05) is 35.3 Å². The number of hydrogen-bond acceptors (Lipinski definition) is 2. The lowest BCUT2D eigenvalue weighted by Crippen LogP contribution is -2.25. The zero-order valence-electron chi connectivity index (χ0n) is 14.1. The van der Waals surface area contributed by atoms with Crippen molar-refractivity contribution in [3.8, 4) is 5.75 Å². The minimum absolute atomic E-state index is 0.0162. The number of halogens is 2. The summed E-state index contributed by atoms with van der Waals surface area (Å²) in [6.07, 6.45) is 6.25. The van der Waals surface area contributed by atoms with Crippen LogP contribution in [0, 0.1) is 11.8 Å². The van der Waals surface area contributed by atoms with Crippen LogP contribution in [0.3, 0.4) is 0 Å². The van der Waals surface area contributed by atoms with E-state index < -0.39 is 0 Å². The molecule has 0 N–H and O–H groups in total. The molecule has 132 valence electrons. The van der Waals surface area contributed by atoms with Crippen LogP contribution in [-0.2, 0) is 11.2 Å². The Kier molecular flexibility index (Phi) is 6.39.